The first-order chi connectivity index (χ1) is 22.6. The predicted molar refractivity (Wildman–Crippen MR) is 172 cm³/mol. The van der Waals surface area contributed by atoms with Crippen LogP contribution in [0.5, 0.6) is 5.75 Å². The van der Waals surface area contributed by atoms with Crippen molar-refractivity contribution in [2.24, 2.45) is 5.41 Å². The fraction of sp³-hybridized carbons (Fsp3) is 0.543. The summed E-state index contributed by atoms with van der Waals surface area (Å²) in [7, 11) is 2.72. The molecular weight excluding hydrogens is 652 g/mol. The van der Waals surface area contributed by atoms with Crippen molar-refractivity contribution < 1.29 is 55.7 Å². The van der Waals surface area contributed by atoms with Crippen LogP contribution in [-0.2, 0) is 46.4 Å². The van der Waals surface area contributed by atoms with Gasteiger partial charge in [-0.3, -0.25) is 9.59 Å². The number of amides is 1. The Morgan fingerprint density at radius 3 is 1.90 bits per heavy atom. The van der Waals surface area contributed by atoms with Gasteiger partial charge in [0.15, 0.2) is 12.2 Å². The van der Waals surface area contributed by atoms with E-state index in [1.807, 2.05) is 20.8 Å². The Labute approximate surface area is 284 Å². The van der Waals surface area contributed by atoms with Crippen LogP contribution in [0.15, 0.2) is 54.6 Å². The Bertz CT molecular complexity index is 1390. The summed E-state index contributed by atoms with van der Waals surface area (Å²) in [6.07, 6.45) is -8.37. The van der Waals surface area contributed by atoms with E-state index in [9.17, 15) is 36.7 Å². The number of likely N-dealkylation sites (N-methyl/N-ethyl adjacent to an activating group) is 2. The van der Waals surface area contributed by atoms with Crippen LogP contribution in [0.2, 0.25) is 0 Å². The summed E-state index contributed by atoms with van der Waals surface area (Å²) in [6.45, 7) is 9.29. The molecule has 1 N–H and O–H groups in total. The Morgan fingerprint density at radius 1 is 0.796 bits per heavy atom. The Hall–Kier alpha value is -4.20. The number of rotatable bonds is 16. The molecule has 0 saturated carbocycles. The van der Waals surface area contributed by atoms with Crippen molar-refractivity contribution in [1.29, 1.82) is 0 Å². The van der Waals surface area contributed by atoms with E-state index in [0.717, 1.165) is 22.6 Å². The molecule has 0 aromatic heterocycles. The second kappa shape index (κ2) is 17.5. The van der Waals surface area contributed by atoms with Gasteiger partial charge < -0.3 is 29.2 Å². The number of benzene rings is 2. The lowest BCUT2D eigenvalue weighted by Crippen LogP contribution is -2.52. The molecular formula is C35H46F4N2O8. The van der Waals surface area contributed by atoms with Gasteiger partial charge in [0, 0.05) is 19.9 Å². The quantitative estimate of drug-likeness (QED) is 0.134. The highest BCUT2D eigenvalue weighted by Gasteiger charge is 2.39. The number of halogens is 4. The molecule has 0 spiro atoms. The van der Waals surface area contributed by atoms with Crippen molar-refractivity contribution in [2.75, 3.05) is 14.1 Å². The van der Waals surface area contributed by atoms with Gasteiger partial charge in [-0.2, -0.15) is 0 Å². The molecule has 272 valence electrons. The third-order valence-electron chi connectivity index (χ3n) is 7.18. The van der Waals surface area contributed by atoms with E-state index in [0.29, 0.717) is 5.56 Å². The highest BCUT2D eigenvalue weighted by molar-refractivity contribution is 5.90. The van der Waals surface area contributed by atoms with Gasteiger partial charge in [-0.05, 0) is 62.9 Å². The summed E-state index contributed by atoms with van der Waals surface area (Å²) in [6, 6.07) is 11.1. The van der Waals surface area contributed by atoms with Crippen LogP contribution in [0, 0.1) is 5.41 Å². The summed E-state index contributed by atoms with van der Waals surface area (Å²) in [5.74, 6) is -4.02. The molecule has 4 atom stereocenters. The fourth-order valence-corrected chi connectivity index (χ4v) is 4.72. The number of hydrogen-bond donors (Lipinski definition) is 1. The lowest BCUT2D eigenvalue weighted by Gasteiger charge is -2.34. The van der Waals surface area contributed by atoms with Gasteiger partial charge in [-0.25, -0.2) is 14.0 Å². The van der Waals surface area contributed by atoms with Crippen LogP contribution in [0.1, 0.15) is 65.5 Å². The number of alkyl halides is 4. The lowest BCUT2D eigenvalue weighted by atomic mass is 9.87. The van der Waals surface area contributed by atoms with E-state index in [-0.39, 0.29) is 25.9 Å². The van der Waals surface area contributed by atoms with Crippen LogP contribution in [-0.4, -0.2) is 79.1 Å². The summed E-state index contributed by atoms with van der Waals surface area (Å²) in [5.41, 5.74) is -1.30. The molecule has 14 heteroatoms. The van der Waals surface area contributed by atoms with Crippen LogP contribution >= 0.6 is 0 Å². The molecule has 2 aromatic rings. The molecule has 0 radical (unpaired) electrons. The number of carbonyl (C=O) groups excluding carboxylic acids is 4. The zero-order chi connectivity index (χ0) is 37.2. The van der Waals surface area contributed by atoms with Gasteiger partial charge in [0.25, 0.3) is 5.91 Å². The minimum absolute atomic E-state index is 0.0467. The van der Waals surface area contributed by atoms with Gasteiger partial charge in [-0.1, -0.05) is 63.2 Å². The molecule has 49 heavy (non-hydrogen) atoms. The molecule has 0 heterocycles. The molecule has 2 aromatic carbocycles. The summed E-state index contributed by atoms with van der Waals surface area (Å²) in [5, 5.41) is 2.67. The number of carbonyl (C=O) groups is 4. The van der Waals surface area contributed by atoms with Gasteiger partial charge in [0.1, 0.15) is 30.1 Å². The van der Waals surface area contributed by atoms with E-state index in [1.165, 1.54) is 47.0 Å². The third-order valence-corrected chi connectivity index (χ3v) is 7.18. The van der Waals surface area contributed by atoms with Crippen molar-refractivity contribution in [3.8, 4) is 5.75 Å². The minimum atomic E-state index is -4.92. The van der Waals surface area contributed by atoms with Crippen molar-refractivity contribution in [2.45, 2.75) is 104 Å². The molecule has 0 unspecified atom stereocenters. The normalized spacial score (nSPS) is 14.5. The molecule has 0 aliphatic rings. The maximum atomic E-state index is 14.5. The smallest absolute Gasteiger partial charge is 0.458 e. The first-order valence-corrected chi connectivity index (χ1v) is 15.7. The summed E-state index contributed by atoms with van der Waals surface area (Å²) in [4.78, 5) is 54.4. The zero-order valence-corrected chi connectivity index (χ0v) is 29.1. The van der Waals surface area contributed by atoms with Crippen LogP contribution in [0.25, 0.3) is 0 Å². The second-order valence-corrected chi connectivity index (χ2v) is 13.5. The Kier molecular flexibility index (Phi) is 14.6. The van der Waals surface area contributed by atoms with Gasteiger partial charge >= 0.3 is 24.3 Å². The maximum absolute atomic E-state index is 14.5. The first kappa shape index (κ1) is 41.0. The van der Waals surface area contributed by atoms with Crippen molar-refractivity contribution in [3.63, 3.8) is 0 Å². The van der Waals surface area contributed by atoms with E-state index in [1.54, 1.807) is 30.3 Å². The number of nitrogens with one attached hydrogen (secondary N) is 1. The molecule has 0 saturated heterocycles. The topological polar surface area (TPSA) is 120 Å². The molecule has 0 aliphatic heterocycles. The van der Waals surface area contributed by atoms with E-state index < -0.39 is 71.3 Å². The van der Waals surface area contributed by atoms with Crippen molar-refractivity contribution >= 4 is 23.8 Å². The van der Waals surface area contributed by atoms with E-state index in [2.05, 4.69) is 10.1 Å². The number of hydrogen-bond acceptors (Lipinski definition) is 9. The highest BCUT2D eigenvalue weighted by atomic mass is 19.4. The molecule has 2 rings (SSSR count). The molecule has 0 bridgehead atoms. The number of nitrogens with zero attached hydrogens (tertiary/aromatic N) is 1. The monoisotopic (exact) mass is 698 g/mol. The Morgan fingerprint density at radius 2 is 1.39 bits per heavy atom. The Balaban J connectivity index is 2.34. The van der Waals surface area contributed by atoms with Crippen LogP contribution in [0.3, 0.4) is 0 Å². The van der Waals surface area contributed by atoms with Crippen molar-refractivity contribution in [3.05, 3.63) is 65.7 Å². The highest BCUT2D eigenvalue weighted by Crippen LogP contribution is 2.27. The fourth-order valence-electron chi connectivity index (χ4n) is 4.72. The molecule has 1 amide bonds. The SMILES string of the molecule is CN[C@@H](CC(C)(C)F)C(=O)O[C@H](Cc1ccc(OC(F)(F)F)cc1)C(=O)N(C)[C@@H](CC(C)(C)C)C(=O)O[C@H](C)C(=O)OCc1ccccc1. The minimum Gasteiger partial charge on any atom is -0.458 e. The molecule has 10 nitrogen and oxygen atoms in total. The van der Waals surface area contributed by atoms with Crippen LogP contribution in [0.4, 0.5) is 17.6 Å². The van der Waals surface area contributed by atoms with E-state index in [4.69, 9.17) is 14.2 Å². The standard InChI is InChI=1S/C35H46F4N2O8/c1-22(30(43)46-21-24-12-10-9-11-13-24)47-32(45)27(20-33(2,3)4)41(8)29(42)28(48-31(44)26(40-7)19-34(5,6)36)18-23-14-16-25(17-15-23)49-35(37,38)39/h9-17,22,26-28,40H,18-21H2,1-8H3/t22-,26+,27+,28-/m1/s1. The second-order valence-electron chi connectivity index (χ2n) is 13.5. The maximum Gasteiger partial charge on any atom is 0.573 e. The summed E-state index contributed by atoms with van der Waals surface area (Å²) < 4.78 is 72.7. The summed E-state index contributed by atoms with van der Waals surface area (Å²) >= 11 is 0. The van der Waals surface area contributed by atoms with Gasteiger partial charge in [-0.15, -0.1) is 13.2 Å². The lowest BCUT2D eigenvalue weighted by molar-refractivity contribution is -0.274. The predicted octanol–water partition coefficient (Wildman–Crippen LogP) is 5.70. The third kappa shape index (κ3) is 14.8. The number of esters is 3. The van der Waals surface area contributed by atoms with Crippen molar-refractivity contribution in [1.82, 2.24) is 10.2 Å². The average Bonchev–Trinajstić information content (AvgIpc) is 2.99. The first-order valence-electron chi connectivity index (χ1n) is 15.7. The largest absolute Gasteiger partial charge is 0.573 e. The van der Waals surface area contributed by atoms with Gasteiger partial charge in [0.05, 0.1) is 0 Å². The zero-order valence-electron chi connectivity index (χ0n) is 29.1. The molecule has 0 fully saturated rings. The number of ether oxygens (including phenoxy) is 4. The van der Waals surface area contributed by atoms with Crippen LogP contribution < -0.4 is 10.1 Å². The van der Waals surface area contributed by atoms with Gasteiger partial charge in [0.2, 0.25) is 0 Å². The average molecular weight is 699 g/mol. The van der Waals surface area contributed by atoms with E-state index >= 15 is 0 Å². The molecule has 0 aliphatic carbocycles.